The Morgan fingerprint density at radius 3 is 2.26 bits per heavy atom. The number of rotatable bonds is 5. The molecule has 126 valence electrons. The summed E-state index contributed by atoms with van der Waals surface area (Å²) in [6, 6.07) is 5.81. The van der Waals surface area contributed by atoms with Crippen LogP contribution in [0, 0.1) is 0 Å². The van der Waals surface area contributed by atoms with Crippen molar-refractivity contribution >= 4 is 18.6 Å². The molecule has 6 heteroatoms. The summed E-state index contributed by atoms with van der Waals surface area (Å²) in [5.74, 6) is 0.489. The number of carbonyl (C=O) groups is 1. The van der Waals surface area contributed by atoms with Gasteiger partial charge in [-0.1, -0.05) is 12.1 Å². The van der Waals surface area contributed by atoms with E-state index in [4.69, 9.17) is 14.0 Å². The van der Waals surface area contributed by atoms with Crippen molar-refractivity contribution in [3.8, 4) is 5.75 Å². The molecule has 1 aromatic rings. The van der Waals surface area contributed by atoms with Gasteiger partial charge in [-0.15, -0.1) is 0 Å². The Kier molecular flexibility index (Phi) is 5.06. The maximum absolute atomic E-state index is 11.3. The predicted octanol–water partition coefficient (Wildman–Crippen LogP) is 2.10. The van der Waals surface area contributed by atoms with E-state index in [2.05, 4.69) is 4.74 Å². The number of hydrogen-bond acceptors (Lipinski definition) is 5. The van der Waals surface area contributed by atoms with Gasteiger partial charge in [0.2, 0.25) is 0 Å². The van der Waals surface area contributed by atoms with Crippen LogP contribution in [0.3, 0.4) is 0 Å². The normalized spacial score (nSPS) is 18.8. The second-order valence-corrected chi connectivity index (χ2v) is 6.74. The fraction of sp³-hybridized carbons (Fsp3) is 0.588. The minimum absolute atomic E-state index is 0.234. The summed E-state index contributed by atoms with van der Waals surface area (Å²) in [6.45, 7) is 8.09. The van der Waals surface area contributed by atoms with E-state index in [1.165, 1.54) is 7.11 Å². The van der Waals surface area contributed by atoms with Crippen LogP contribution in [0.5, 0.6) is 5.75 Å². The van der Waals surface area contributed by atoms with Crippen molar-refractivity contribution in [1.29, 1.82) is 0 Å². The zero-order valence-electron chi connectivity index (χ0n) is 14.8. The molecule has 0 unspecified atom stereocenters. The molecule has 0 aromatic heterocycles. The maximum Gasteiger partial charge on any atom is 0.494 e. The molecule has 0 aliphatic carbocycles. The average Bonchev–Trinajstić information content (AvgIpc) is 2.72. The van der Waals surface area contributed by atoms with Crippen molar-refractivity contribution in [3.05, 3.63) is 23.8 Å². The van der Waals surface area contributed by atoms with Gasteiger partial charge in [0.05, 0.1) is 25.4 Å². The highest BCUT2D eigenvalue weighted by molar-refractivity contribution is 6.62. The van der Waals surface area contributed by atoms with E-state index >= 15 is 0 Å². The van der Waals surface area contributed by atoms with E-state index in [0.29, 0.717) is 12.8 Å². The molecule has 0 radical (unpaired) electrons. The highest BCUT2D eigenvalue weighted by Crippen LogP contribution is 2.36. The van der Waals surface area contributed by atoms with Gasteiger partial charge in [0.1, 0.15) is 5.75 Å². The first-order valence-corrected chi connectivity index (χ1v) is 7.79. The van der Waals surface area contributed by atoms with Gasteiger partial charge >= 0.3 is 13.1 Å². The Bertz CT molecular complexity index is 566. The van der Waals surface area contributed by atoms with E-state index in [-0.39, 0.29) is 17.2 Å². The number of aryl methyl sites for hydroxylation is 1. The van der Waals surface area contributed by atoms with Crippen LogP contribution < -0.4 is 10.2 Å². The summed E-state index contributed by atoms with van der Waals surface area (Å²) in [5.41, 5.74) is 1.10. The number of carbonyl (C=O) groups excluding carboxylic acids is 1. The van der Waals surface area contributed by atoms with Gasteiger partial charge < -0.3 is 18.8 Å². The number of esters is 1. The van der Waals surface area contributed by atoms with Gasteiger partial charge in [-0.2, -0.15) is 0 Å². The van der Waals surface area contributed by atoms with Crippen molar-refractivity contribution < 1.29 is 23.6 Å². The third-order valence-corrected chi connectivity index (χ3v) is 4.66. The number of hydrogen-bond donors (Lipinski definition) is 0. The first-order valence-electron chi connectivity index (χ1n) is 7.79. The molecular weight excluding hydrogens is 295 g/mol. The first kappa shape index (κ1) is 17.8. The fourth-order valence-corrected chi connectivity index (χ4v) is 2.43. The Morgan fingerprint density at radius 2 is 1.74 bits per heavy atom. The standard InChI is InChI=1S/C17H25BO5/c1-16(2)17(3,4)23-18(22-16)13-9-7-12(14(11-13)20-5)8-10-15(19)21-6/h7,9,11H,8,10H2,1-6H3. The van der Waals surface area contributed by atoms with Gasteiger partial charge in [0.25, 0.3) is 0 Å². The van der Waals surface area contributed by atoms with Crippen molar-refractivity contribution in [2.45, 2.75) is 51.7 Å². The summed E-state index contributed by atoms with van der Waals surface area (Å²) in [4.78, 5) is 11.3. The SMILES string of the molecule is COC(=O)CCc1ccc(B2OC(C)(C)C(C)(C)O2)cc1OC. The average molecular weight is 320 g/mol. The smallest absolute Gasteiger partial charge is 0.494 e. The highest BCUT2D eigenvalue weighted by Gasteiger charge is 2.51. The molecule has 0 bridgehead atoms. The molecule has 1 aliphatic rings. The monoisotopic (exact) mass is 320 g/mol. The van der Waals surface area contributed by atoms with E-state index in [1.807, 2.05) is 45.9 Å². The topological polar surface area (TPSA) is 54.0 Å². The first-order chi connectivity index (χ1) is 10.7. The van der Waals surface area contributed by atoms with Gasteiger partial charge in [0.15, 0.2) is 0 Å². The van der Waals surface area contributed by atoms with Gasteiger partial charge in [-0.3, -0.25) is 4.79 Å². The number of ether oxygens (including phenoxy) is 2. The van der Waals surface area contributed by atoms with Crippen molar-refractivity contribution in [2.24, 2.45) is 0 Å². The molecule has 23 heavy (non-hydrogen) atoms. The van der Waals surface area contributed by atoms with Crippen LogP contribution in [0.15, 0.2) is 18.2 Å². The zero-order chi connectivity index (χ0) is 17.3. The van der Waals surface area contributed by atoms with Crippen LogP contribution >= 0.6 is 0 Å². The lowest BCUT2D eigenvalue weighted by Gasteiger charge is -2.32. The minimum Gasteiger partial charge on any atom is -0.496 e. The minimum atomic E-state index is -0.427. The van der Waals surface area contributed by atoms with Crippen LogP contribution in [0.25, 0.3) is 0 Å². The molecule has 1 aromatic carbocycles. The lowest BCUT2D eigenvalue weighted by atomic mass is 9.78. The van der Waals surface area contributed by atoms with Crippen molar-refractivity contribution in [3.63, 3.8) is 0 Å². The van der Waals surface area contributed by atoms with Crippen molar-refractivity contribution in [1.82, 2.24) is 0 Å². The van der Waals surface area contributed by atoms with Crippen LogP contribution in [0.2, 0.25) is 0 Å². The Labute approximate surface area is 138 Å². The molecule has 0 N–H and O–H groups in total. The Hall–Kier alpha value is -1.53. The third-order valence-electron chi connectivity index (χ3n) is 4.66. The van der Waals surface area contributed by atoms with Crippen molar-refractivity contribution in [2.75, 3.05) is 14.2 Å². The van der Waals surface area contributed by atoms with Gasteiger partial charge in [0, 0.05) is 6.42 Å². The summed E-state index contributed by atoms with van der Waals surface area (Å²) >= 11 is 0. The molecule has 0 amide bonds. The lowest BCUT2D eigenvalue weighted by molar-refractivity contribution is -0.140. The van der Waals surface area contributed by atoms with E-state index in [0.717, 1.165) is 16.8 Å². The number of benzene rings is 1. The zero-order valence-corrected chi connectivity index (χ0v) is 14.8. The Balaban J connectivity index is 2.18. The van der Waals surface area contributed by atoms with E-state index in [1.54, 1.807) is 7.11 Å². The number of methoxy groups -OCH3 is 2. The van der Waals surface area contributed by atoms with Crippen LogP contribution in [0.1, 0.15) is 39.7 Å². The van der Waals surface area contributed by atoms with E-state index < -0.39 is 7.12 Å². The summed E-state index contributed by atoms with van der Waals surface area (Å²) in [5, 5.41) is 0. The summed E-state index contributed by atoms with van der Waals surface area (Å²) in [6.07, 6.45) is 0.891. The second-order valence-electron chi connectivity index (χ2n) is 6.74. The molecule has 0 atom stereocenters. The molecule has 1 saturated heterocycles. The quantitative estimate of drug-likeness (QED) is 0.614. The molecular formula is C17H25BO5. The molecule has 0 saturated carbocycles. The second kappa shape index (κ2) is 6.53. The molecule has 0 spiro atoms. The predicted molar refractivity (Wildman–Crippen MR) is 89.0 cm³/mol. The maximum atomic E-state index is 11.3. The largest absolute Gasteiger partial charge is 0.496 e. The van der Waals surface area contributed by atoms with Crippen LogP contribution in [-0.2, 0) is 25.3 Å². The Morgan fingerprint density at radius 1 is 1.13 bits per heavy atom. The summed E-state index contributed by atoms with van der Waals surface area (Å²) < 4.78 is 22.2. The van der Waals surface area contributed by atoms with Gasteiger partial charge in [-0.05, 0) is 51.2 Å². The van der Waals surface area contributed by atoms with E-state index in [9.17, 15) is 4.79 Å². The fourth-order valence-electron chi connectivity index (χ4n) is 2.43. The molecule has 1 aliphatic heterocycles. The highest BCUT2D eigenvalue weighted by atomic mass is 16.7. The summed E-state index contributed by atoms with van der Waals surface area (Å²) in [7, 11) is 2.58. The third kappa shape index (κ3) is 3.70. The van der Waals surface area contributed by atoms with Crippen LogP contribution in [0.4, 0.5) is 0 Å². The van der Waals surface area contributed by atoms with Crippen LogP contribution in [-0.4, -0.2) is 38.5 Å². The molecule has 1 fully saturated rings. The molecule has 2 rings (SSSR count). The van der Waals surface area contributed by atoms with Gasteiger partial charge in [-0.25, -0.2) is 0 Å². The lowest BCUT2D eigenvalue weighted by Crippen LogP contribution is -2.41. The molecule has 5 nitrogen and oxygen atoms in total. The molecule has 1 heterocycles.